The molecule has 0 aliphatic carbocycles. The number of hydrogen-bond acceptors (Lipinski definition) is 2. The van der Waals surface area contributed by atoms with Crippen LogP contribution in [-0.4, -0.2) is 35.7 Å². The molecule has 1 N–H and O–H groups in total. The van der Waals surface area contributed by atoms with Gasteiger partial charge in [0, 0.05) is 12.6 Å². The third-order valence-electron chi connectivity index (χ3n) is 3.48. The van der Waals surface area contributed by atoms with Gasteiger partial charge in [0.05, 0.1) is 6.61 Å². The van der Waals surface area contributed by atoms with Gasteiger partial charge < -0.3 is 5.11 Å². The highest BCUT2D eigenvalue weighted by Crippen LogP contribution is 2.17. The molecule has 1 fully saturated rings. The summed E-state index contributed by atoms with van der Waals surface area (Å²) in [6.07, 6.45) is 9.31. The van der Waals surface area contributed by atoms with Gasteiger partial charge in [-0.05, 0) is 53.0 Å². The van der Waals surface area contributed by atoms with E-state index in [1.807, 2.05) is 0 Å². The Labute approximate surface area is 106 Å². The highest BCUT2D eigenvalue weighted by Gasteiger charge is 2.22. The first kappa shape index (κ1) is 14.5. The van der Waals surface area contributed by atoms with Gasteiger partial charge in [0.25, 0.3) is 0 Å². The molecule has 0 radical (unpaired) electrons. The van der Waals surface area contributed by atoms with Crippen LogP contribution >= 0.6 is 0 Å². The molecular weight excluding hydrogens is 210 g/mol. The van der Waals surface area contributed by atoms with E-state index in [-0.39, 0.29) is 0 Å². The first-order chi connectivity index (χ1) is 8.13. The predicted molar refractivity (Wildman–Crippen MR) is 74.1 cm³/mol. The fraction of sp³-hybridized carbons (Fsp3) is 0.733. The minimum atomic E-state index is 0.310. The fourth-order valence-corrected chi connectivity index (χ4v) is 2.31. The van der Waals surface area contributed by atoms with E-state index < -0.39 is 0 Å². The Morgan fingerprint density at radius 3 is 2.71 bits per heavy atom. The number of aliphatic hydroxyl groups excluding tert-OH is 1. The Kier molecular flexibility index (Phi) is 6.53. The van der Waals surface area contributed by atoms with Crippen LogP contribution in [0.15, 0.2) is 23.3 Å². The van der Waals surface area contributed by atoms with Gasteiger partial charge in [-0.2, -0.15) is 0 Å². The minimum Gasteiger partial charge on any atom is -0.395 e. The summed E-state index contributed by atoms with van der Waals surface area (Å²) in [5, 5.41) is 9.23. The van der Waals surface area contributed by atoms with E-state index >= 15 is 0 Å². The second-order valence-electron chi connectivity index (χ2n) is 5.34. The smallest absolute Gasteiger partial charge is 0.0587 e. The Morgan fingerprint density at radius 2 is 2.06 bits per heavy atom. The van der Waals surface area contributed by atoms with Crippen molar-refractivity contribution in [2.45, 2.75) is 52.5 Å². The normalized spacial score (nSPS) is 21.9. The lowest BCUT2D eigenvalue weighted by Crippen LogP contribution is -2.32. The zero-order valence-electron chi connectivity index (χ0n) is 11.6. The van der Waals surface area contributed by atoms with E-state index in [0.29, 0.717) is 12.6 Å². The van der Waals surface area contributed by atoms with Crippen LogP contribution in [0.3, 0.4) is 0 Å². The number of aliphatic hydroxyl groups is 1. The first-order valence-electron chi connectivity index (χ1n) is 6.77. The van der Waals surface area contributed by atoms with Crippen molar-refractivity contribution >= 4 is 0 Å². The van der Waals surface area contributed by atoms with Crippen LogP contribution in [0.2, 0.25) is 0 Å². The summed E-state index contributed by atoms with van der Waals surface area (Å²) < 4.78 is 0. The zero-order chi connectivity index (χ0) is 12.7. The zero-order valence-corrected chi connectivity index (χ0v) is 11.6. The molecule has 0 amide bonds. The Bertz CT molecular complexity index is 277. The molecule has 0 aromatic heterocycles. The first-order valence-corrected chi connectivity index (χ1v) is 6.77. The van der Waals surface area contributed by atoms with Crippen molar-refractivity contribution in [2.24, 2.45) is 0 Å². The molecule has 0 unspecified atom stereocenters. The maximum atomic E-state index is 9.23. The number of allylic oxidation sites excluding steroid dienone is 3. The average molecular weight is 237 g/mol. The molecule has 1 rings (SSSR count). The molecule has 98 valence electrons. The second kappa shape index (κ2) is 7.67. The van der Waals surface area contributed by atoms with Crippen LogP contribution in [0.25, 0.3) is 0 Å². The fourth-order valence-electron chi connectivity index (χ4n) is 2.31. The monoisotopic (exact) mass is 237 g/mol. The molecule has 0 spiro atoms. The average Bonchev–Trinajstić information content (AvgIpc) is 2.73. The highest BCUT2D eigenvalue weighted by atomic mass is 16.3. The van der Waals surface area contributed by atoms with Crippen molar-refractivity contribution < 1.29 is 5.11 Å². The van der Waals surface area contributed by atoms with Gasteiger partial charge in [0.15, 0.2) is 0 Å². The Hall–Kier alpha value is -0.600. The molecule has 1 aliphatic rings. The predicted octanol–water partition coefficient (Wildman–Crippen LogP) is 3.14. The molecule has 1 saturated heterocycles. The highest BCUT2D eigenvalue weighted by molar-refractivity contribution is 5.03. The second-order valence-corrected chi connectivity index (χ2v) is 5.34. The van der Waals surface area contributed by atoms with Gasteiger partial charge in [-0.15, -0.1) is 0 Å². The molecule has 0 aromatic rings. The minimum absolute atomic E-state index is 0.310. The molecule has 2 heteroatoms. The molecule has 1 aliphatic heterocycles. The van der Waals surface area contributed by atoms with E-state index in [2.05, 4.69) is 37.8 Å². The molecule has 0 bridgehead atoms. The molecule has 0 saturated carbocycles. The Morgan fingerprint density at radius 1 is 1.29 bits per heavy atom. The topological polar surface area (TPSA) is 23.5 Å². The van der Waals surface area contributed by atoms with Crippen LogP contribution in [0.1, 0.15) is 46.5 Å². The third-order valence-corrected chi connectivity index (χ3v) is 3.48. The van der Waals surface area contributed by atoms with Crippen molar-refractivity contribution in [3.63, 3.8) is 0 Å². The largest absolute Gasteiger partial charge is 0.395 e. The quantitative estimate of drug-likeness (QED) is 0.717. The van der Waals surface area contributed by atoms with E-state index in [1.165, 1.54) is 17.6 Å². The number of hydrogen-bond donors (Lipinski definition) is 1. The van der Waals surface area contributed by atoms with Crippen molar-refractivity contribution in [1.29, 1.82) is 0 Å². The maximum absolute atomic E-state index is 9.23. The maximum Gasteiger partial charge on any atom is 0.0587 e. The molecule has 2 nitrogen and oxygen atoms in total. The summed E-state index contributed by atoms with van der Waals surface area (Å²) in [5.74, 6) is 0. The molecule has 17 heavy (non-hydrogen) atoms. The number of rotatable bonds is 6. The summed E-state index contributed by atoms with van der Waals surface area (Å²) >= 11 is 0. The van der Waals surface area contributed by atoms with E-state index in [0.717, 1.165) is 32.4 Å². The van der Waals surface area contributed by atoms with Crippen molar-refractivity contribution in [3.8, 4) is 0 Å². The van der Waals surface area contributed by atoms with Crippen LogP contribution < -0.4 is 0 Å². The van der Waals surface area contributed by atoms with E-state index in [4.69, 9.17) is 0 Å². The van der Waals surface area contributed by atoms with Gasteiger partial charge >= 0.3 is 0 Å². The molecule has 0 aromatic carbocycles. The van der Waals surface area contributed by atoms with Crippen molar-refractivity contribution in [2.75, 3.05) is 19.7 Å². The summed E-state index contributed by atoms with van der Waals surface area (Å²) in [4.78, 5) is 2.39. The molecule has 1 heterocycles. The molecule has 1 atom stereocenters. The van der Waals surface area contributed by atoms with Crippen molar-refractivity contribution in [1.82, 2.24) is 4.90 Å². The lowest BCUT2D eigenvalue weighted by molar-refractivity contribution is 0.169. The van der Waals surface area contributed by atoms with Gasteiger partial charge in [0.1, 0.15) is 0 Å². The van der Waals surface area contributed by atoms with Crippen molar-refractivity contribution in [3.05, 3.63) is 23.3 Å². The third kappa shape index (κ3) is 5.51. The van der Waals surface area contributed by atoms with E-state index in [9.17, 15) is 5.11 Å². The van der Waals surface area contributed by atoms with Gasteiger partial charge in [0.2, 0.25) is 0 Å². The SMILES string of the molecule is CC(C)=CCC/C(C)=C/CN1CCC[C@H]1CO. The number of nitrogens with zero attached hydrogens (tertiary/aromatic N) is 1. The van der Waals surface area contributed by atoms with E-state index in [1.54, 1.807) is 0 Å². The summed E-state index contributed by atoms with van der Waals surface area (Å²) in [5.41, 5.74) is 2.86. The molecular formula is C15H27NO. The summed E-state index contributed by atoms with van der Waals surface area (Å²) in [6, 6.07) is 0.400. The van der Waals surface area contributed by atoms with Gasteiger partial charge in [-0.3, -0.25) is 4.90 Å². The lowest BCUT2D eigenvalue weighted by atomic mass is 10.1. The summed E-state index contributed by atoms with van der Waals surface area (Å²) in [6.45, 7) is 8.96. The van der Waals surface area contributed by atoms with Crippen LogP contribution in [-0.2, 0) is 0 Å². The lowest BCUT2D eigenvalue weighted by Gasteiger charge is -2.21. The Balaban J connectivity index is 2.29. The van der Waals surface area contributed by atoms with Crippen LogP contribution in [0.4, 0.5) is 0 Å². The van der Waals surface area contributed by atoms with Crippen LogP contribution in [0.5, 0.6) is 0 Å². The van der Waals surface area contributed by atoms with Gasteiger partial charge in [-0.25, -0.2) is 0 Å². The number of likely N-dealkylation sites (tertiary alicyclic amines) is 1. The van der Waals surface area contributed by atoms with Gasteiger partial charge in [-0.1, -0.05) is 23.3 Å². The standard InChI is InChI=1S/C15H27NO/c1-13(2)6-4-7-14(3)9-11-16-10-5-8-15(16)12-17/h6,9,15,17H,4-5,7-8,10-12H2,1-3H3/b14-9+/t15-/m0/s1. The van der Waals surface area contributed by atoms with Crippen LogP contribution in [0, 0.1) is 0 Å². The summed E-state index contributed by atoms with van der Waals surface area (Å²) in [7, 11) is 0.